The van der Waals surface area contributed by atoms with E-state index in [1.54, 1.807) is 7.11 Å². The average Bonchev–Trinajstić information content (AvgIpc) is 2.37. The summed E-state index contributed by atoms with van der Waals surface area (Å²) in [6.45, 7) is 5.71. The molecule has 0 aliphatic carbocycles. The molecule has 0 fully saturated rings. The highest BCUT2D eigenvalue weighted by molar-refractivity contribution is 5.60. The summed E-state index contributed by atoms with van der Waals surface area (Å²) < 4.78 is 5.38. The number of nitrogens with zero attached hydrogens (tertiary/aromatic N) is 1. The molecule has 1 atom stereocenters. The molecule has 0 amide bonds. The lowest BCUT2D eigenvalue weighted by atomic mass is 10.0. The van der Waals surface area contributed by atoms with Gasteiger partial charge >= 0.3 is 0 Å². The second kappa shape index (κ2) is 7.24. The van der Waals surface area contributed by atoms with E-state index in [1.165, 1.54) is 0 Å². The normalized spacial score (nSPS) is 12.3. The molecule has 1 aromatic carbocycles. The molecule has 0 radical (unpaired) electrons. The van der Waals surface area contributed by atoms with Crippen molar-refractivity contribution in [2.24, 2.45) is 5.73 Å². The Kier molecular flexibility index (Phi) is 5.95. The van der Waals surface area contributed by atoms with Crippen molar-refractivity contribution < 1.29 is 9.84 Å². The van der Waals surface area contributed by atoms with Gasteiger partial charge in [-0.2, -0.15) is 0 Å². The highest BCUT2D eigenvalue weighted by Crippen LogP contribution is 2.33. The molecule has 102 valence electrons. The monoisotopic (exact) mass is 252 g/mol. The number of aliphatic hydroxyl groups excluding tert-OH is 1. The largest absolute Gasteiger partial charge is 0.496 e. The van der Waals surface area contributed by atoms with Crippen LogP contribution in [-0.2, 0) is 0 Å². The van der Waals surface area contributed by atoms with Crippen molar-refractivity contribution in [3.05, 3.63) is 23.8 Å². The van der Waals surface area contributed by atoms with Crippen LogP contribution < -0.4 is 15.4 Å². The summed E-state index contributed by atoms with van der Waals surface area (Å²) in [6.07, 6.45) is 1.02. The van der Waals surface area contributed by atoms with Crippen LogP contribution in [-0.4, -0.2) is 31.9 Å². The van der Waals surface area contributed by atoms with Crippen molar-refractivity contribution in [3.63, 3.8) is 0 Å². The lowest BCUT2D eigenvalue weighted by molar-refractivity contribution is 0.301. The van der Waals surface area contributed by atoms with Gasteiger partial charge in [0.05, 0.1) is 13.7 Å². The quantitative estimate of drug-likeness (QED) is 0.778. The van der Waals surface area contributed by atoms with Gasteiger partial charge in [0, 0.05) is 30.4 Å². The van der Waals surface area contributed by atoms with Gasteiger partial charge in [0.1, 0.15) is 5.75 Å². The number of aliphatic hydroxyl groups is 1. The van der Waals surface area contributed by atoms with Gasteiger partial charge in [0.15, 0.2) is 0 Å². The van der Waals surface area contributed by atoms with Gasteiger partial charge in [-0.25, -0.2) is 0 Å². The zero-order valence-corrected chi connectivity index (χ0v) is 11.5. The van der Waals surface area contributed by atoms with E-state index in [1.807, 2.05) is 25.1 Å². The predicted molar refractivity (Wildman–Crippen MR) is 75.2 cm³/mol. The van der Waals surface area contributed by atoms with Gasteiger partial charge in [0.2, 0.25) is 0 Å². The smallest absolute Gasteiger partial charge is 0.125 e. The lowest BCUT2D eigenvalue weighted by Gasteiger charge is -2.28. The number of methoxy groups -OCH3 is 1. The summed E-state index contributed by atoms with van der Waals surface area (Å²) in [5.41, 5.74) is 8.11. The van der Waals surface area contributed by atoms with Crippen LogP contribution in [0, 0.1) is 0 Å². The molecule has 0 heterocycles. The van der Waals surface area contributed by atoms with Crippen LogP contribution in [0.15, 0.2) is 18.2 Å². The maximum atomic E-state index is 9.18. The SMILES string of the molecule is CCCN(CCO)c1cccc(OC)c1[C@H](C)N. The Bertz CT molecular complexity index is 361. The van der Waals surface area contributed by atoms with Crippen molar-refractivity contribution >= 4 is 5.69 Å². The third-order valence-electron chi connectivity index (χ3n) is 2.92. The zero-order chi connectivity index (χ0) is 13.5. The summed E-state index contributed by atoms with van der Waals surface area (Å²) in [5, 5.41) is 9.18. The van der Waals surface area contributed by atoms with Crippen molar-refractivity contribution in [2.45, 2.75) is 26.3 Å². The number of anilines is 1. The summed E-state index contributed by atoms with van der Waals surface area (Å²) in [5.74, 6) is 0.807. The maximum Gasteiger partial charge on any atom is 0.125 e. The minimum Gasteiger partial charge on any atom is -0.496 e. The van der Waals surface area contributed by atoms with Crippen LogP contribution in [0.3, 0.4) is 0 Å². The third-order valence-corrected chi connectivity index (χ3v) is 2.92. The first-order valence-corrected chi connectivity index (χ1v) is 6.44. The molecule has 4 nitrogen and oxygen atoms in total. The number of ether oxygens (including phenoxy) is 1. The Hall–Kier alpha value is -1.26. The van der Waals surface area contributed by atoms with Crippen molar-refractivity contribution in [1.82, 2.24) is 0 Å². The number of nitrogens with two attached hydrogens (primary N) is 1. The van der Waals surface area contributed by atoms with Gasteiger partial charge in [0.25, 0.3) is 0 Å². The predicted octanol–water partition coefficient (Wildman–Crippen LogP) is 1.92. The fourth-order valence-corrected chi connectivity index (χ4v) is 2.19. The Labute approximate surface area is 109 Å². The number of hydrogen-bond donors (Lipinski definition) is 2. The summed E-state index contributed by atoms with van der Waals surface area (Å²) in [7, 11) is 1.65. The lowest BCUT2D eigenvalue weighted by Crippen LogP contribution is -2.29. The minimum atomic E-state index is -0.103. The van der Waals surface area contributed by atoms with E-state index >= 15 is 0 Å². The van der Waals surface area contributed by atoms with Crippen LogP contribution >= 0.6 is 0 Å². The minimum absolute atomic E-state index is 0.103. The molecule has 0 bridgehead atoms. The van der Waals surface area contributed by atoms with Gasteiger partial charge in [-0.1, -0.05) is 13.0 Å². The molecular formula is C14H24N2O2. The summed E-state index contributed by atoms with van der Waals surface area (Å²) in [6, 6.07) is 5.81. The van der Waals surface area contributed by atoms with Crippen LogP contribution in [0.2, 0.25) is 0 Å². The number of rotatable bonds is 7. The van der Waals surface area contributed by atoms with Crippen LogP contribution in [0.1, 0.15) is 31.9 Å². The summed E-state index contributed by atoms with van der Waals surface area (Å²) in [4.78, 5) is 2.15. The average molecular weight is 252 g/mol. The summed E-state index contributed by atoms with van der Waals surface area (Å²) >= 11 is 0. The number of benzene rings is 1. The number of hydrogen-bond acceptors (Lipinski definition) is 4. The fourth-order valence-electron chi connectivity index (χ4n) is 2.19. The van der Waals surface area contributed by atoms with Gasteiger partial charge in [-0.05, 0) is 25.5 Å². The van der Waals surface area contributed by atoms with Crippen molar-refractivity contribution in [2.75, 3.05) is 31.7 Å². The highest BCUT2D eigenvalue weighted by atomic mass is 16.5. The first kappa shape index (κ1) is 14.8. The Morgan fingerprint density at radius 1 is 1.39 bits per heavy atom. The molecule has 3 N–H and O–H groups in total. The molecule has 1 rings (SSSR count). The van der Waals surface area contributed by atoms with E-state index in [9.17, 15) is 5.11 Å². The van der Waals surface area contributed by atoms with Crippen LogP contribution in [0.25, 0.3) is 0 Å². The van der Waals surface area contributed by atoms with Crippen LogP contribution in [0.4, 0.5) is 5.69 Å². The third kappa shape index (κ3) is 3.37. The molecule has 4 heteroatoms. The molecule has 1 aromatic rings. The molecule has 0 spiro atoms. The van der Waals surface area contributed by atoms with E-state index in [2.05, 4.69) is 11.8 Å². The van der Waals surface area contributed by atoms with E-state index in [0.717, 1.165) is 30.0 Å². The molecule has 0 unspecified atom stereocenters. The van der Waals surface area contributed by atoms with Gasteiger partial charge < -0.3 is 20.5 Å². The van der Waals surface area contributed by atoms with Crippen molar-refractivity contribution in [1.29, 1.82) is 0 Å². The van der Waals surface area contributed by atoms with Gasteiger partial charge in [-0.3, -0.25) is 0 Å². The first-order chi connectivity index (χ1) is 8.65. The highest BCUT2D eigenvalue weighted by Gasteiger charge is 2.17. The van der Waals surface area contributed by atoms with E-state index < -0.39 is 0 Å². The fraction of sp³-hybridized carbons (Fsp3) is 0.571. The van der Waals surface area contributed by atoms with E-state index in [-0.39, 0.29) is 12.6 Å². The van der Waals surface area contributed by atoms with E-state index in [4.69, 9.17) is 10.5 Å². The standard InChI is InChI=1S/C14H24N2O2/c1-4-8-16(9-10-17)12-6-5-7-13(18-3)14(12)11(2)15/h5-7,11,17H,4,8-10,15H2,1-3H3/t11-/m0/s1. The zero-order valence-electron chi connectivity index (χ0n) is 11.5. The molecular weight excluding hydrogens is 228 g/mol. The second-order valence-electron chi connectivity index (χ2n) is 4.39. The Morgan fingerprint density at radius 2 is 2.11 bits per heavy atom. The second-order valence-corrected chi connectivity index (χ2v) is 4.39. The molecule has 0 aromatic heterocycles. The van der Waals surface area contributed by atoms with Crippen molar-refractivity contribution in [3.8, 4) is 5.75 Å². The molecule has 0 aliphatic rings. The van der Waals surface area contributed by atoms with Gasteiger partial charge in [-0.15, -0.1) is 0 Å². The Balaban J connectivity index is 3.18. The molecule has 0 saturated carbocycles. The van der Waals surface area contributed by atoms with E-state index in [0.29, 0.717) is 6.54 Å². The molecule has 0 saturated heterocycles. The molecule has 0 aliphatic heterocycles. The molecule has 18 heavy (non-hydrogen) atoms. The van der Waals surface area contributed by atoms with Crippen LogP contribution in [0.5, 0.6) is 5.75 Å². The maximum absolute atomic E-state index is 9.18. The topological polar surface area (TPSA) is 58.7 Å². The Morgan fingerprint density at radius 3 is 2.61 bits per heavy atom. The first-order valence-electron chi connectivity index (χ1n) is 6.44.